The molecule has 0 aliphatic heterocycles. The summed E-state index contributed by atoms with van der Waals surface area (Å²) in [5, 5.41) is 4.26. The smallest absolute Gasteiger partial charge is 0.387 e. The van der Waals surface area contributed by atoms with Gasteiger partial charge in [-0.25, -0.2) is 4.68 Å². The van der Waals surface area contributed by atoms with Crippen LogP contribution in [0.1, 0.15) is 30.5 Å². The van der Waals surface area contributed by atoms with Gasteiger partial charge in [-0.3, -0.25) is 0 Å². The van der Waals surface area contributed by atoms with Crippen LogP contribution in [0.5, 0.6) is 5.75 Å². The summed E-state index contributed by atoms with van der Waals surface area (Å²) in [5.41, 5.74) is 7.98. The molecule has 21 heavy (non-hydrogen) atoms. The van der Waals surface area contributed by atoms with Crippen LogP contribution in [-0.4, -0.2) is 16.4 Å². The number of nitrogens with two attached hydrogens (primary N) is 1. The molecule has 4 nitrogen and oxygen atoms in total. The molecule has 0 saturated heterocycles. The van der Waals surface area contributed by atoms with Crippen LogP contribution in [0.2, 0.25) is 0 Å². The van der Waals surface area contributed by atoms with Gasteiger partial charge in [-0.15, -0.1) is 0 Å². The lowest BCUT2D eigenvalue weighted by atomic mass is 10.1. The Kier molecular flexibility index (Phi) is 4.77. The minimum atomic E-state index is -2.79. The first-order valence-corrected chi connectivity index (χ1v) is 6.80. The molecular formula is C15H19F2N3O. The first kappa shape index (κ1) is 15.3. The van der Waals surface area contributed by atoms with Gasteiger partial charge in [0.25, 0.3) is 0 Å². The highest BCUT2D eigenvalue weighted by atomic mass is 19.3. The van der Waals surface area contributed by atoms with Gasteiger partial charge >= 0.3 is 6.61 Å². The largest absolute Gasteiger partial charge is 0.435 e. The second-order valence-electron chi connectivity index (χ2n) is 5.07. The Morgan fingerprint density at radius 1 is 1.29 bits per heavy atom. The van der Waals surface area contributed by atoms with E-state index in [9.17, 15) is 8.78 Å². The molecule has 2 rings (SSSR count). The van der Waals surface area contributed by atoms with E-state index in [1.165, 1.54) is 0 Å². The molecule has 114 valence electrons. The Morgan fingerprint density at radius 3 is 2.48 bits per heavy atom. The zero-order chi connectivity index (χ0) is 15.4. The predicted molar refractivity (Wildman–Crippen MR) is 77.5 cm³/mol. The van der Waals surface area contributed by atoms with Gasteiger partial charge in [-0.2, -0.15) is 13.9 Å². The summed E-state index contributed by atoms with van der Waals surface area (Å²) in [4.78, 5) is 0. The van der Waals surface area contributed by atoms with Crippen LogP contribution in [-0.2, 0) is 6.42 Å². The van der Waals surface area contributed by atoms with Crippen molar-refractivity contribution in [2.45, 2.75) is 39.3 Å². The van der Waals surface area contributed by atoms with Gasteiger partial charge in [0.1, 0.15) is 11.6 Å². The molecule has 2 N–H and O–H groups in total. The van der Waals surface area contributed by atoms with Gasteiger partial charge in [0, 0.05) is 5.56 Å². The third kappa shape index (κ3) is 3.93. The number of aromatic nitrogens is 2. The maximum atomic E-state index is 12.1. The Balaban J connectivity index is 1.92. The van der Waals surface area contributed by atoms with Crippen molar-refractivity contribution in [2.75, 3.05) is 5.73 Å². The second kappa shape index (κ2) is 6.56. The van der Waals surface area contributed by atoms with Crippen molar-refractivity contribution < 1.29 is 13.5 Å². The van der Waals surface area contributed by atoms with E-state index in [4.69, 9.17) is 5.73 Å². The van der Waals surface area contributed by atoms with E-state index in [2.05, 4.69) is 16.8 Å². The molecule has 0 aliphatic carbocycles. The highest BCUT2D eigenvalue weighted by Crippen LogP contribution is 2.21. The minimum Gasteiger partial charge on any atom is -0.435 e. The molecule has 0 fully saturated rings. The third-order valence-corrected chi connectivity index (χ3v) is 3.44. The summed E-state index contributed by atoms with van der Waals surface area (Å²) in [7, 11) is 0. The lowest BCUT2D eigenvalue weighted by molar-refractivity contribution is -0.0498. The van der Waals surface area contributed by atoms with E-state index < -0.39 is 6.61 Å². The van der Waals surface area contributed by atoms with Crippen LogP contribution < -0.4 is 10.5 Å². The van der Waals surface area contributed by atoms with E-state index in [0.29, 0.717) is 5.82 Å². The fourth-order valence-electron chi connectivity index (χ4n) is 2.14. The molecule has 1 aromatic heterocycles. The highest BCUT2D eigenvalue weighted by molar-refractivity contribution is 5.37. The number of alkyl halides is 2. The highest BCUT2D eigenvalue weighted by Gasteiger charge is 2.11. The number of nitrogen functional groups attached to an aromatic ring is 1. The lowest BCUT2D eigenvalue weighted by Gasteiger charge is -2.14. The van der Waals surface area contributed by atoms with E-state index >= 15 is 0 Å². The number of ether oxygens (including phenoxy) is 1. The molecule has 1 heterocycles. The molecule has 0 spiro atoms. The van der Waals surface area contributed by atoms with Gasteiger partial charge in [-0.05, 0) is 44.4 Å². The minimum absolute atomic E-state index is 0.175. The second-order valence-corrected chi connectivity index (χ2v) is 5.07. The summed E-state index contributed by atoms with van der Waals surface area (Å²) in [5.74, 6) is 0.858. The molecule has 6 heteroatoms. The van der Waals surface area contributed by atoms with Gasteiger partial charge in [0.05, 0.1) is 12.2 Å². The molecule has 0 bridgehead atoms. The maximum Gasteiger partial charge on any atom is 0.387 e. The summed E-state index contributed by atoms with van der Waals surface area (Å²) >= 11 is 0. The van der Waals surface area contributed by atoms with Gasteiger partial charge < -0.3 is 10.5 Å². The average molecular weight is 295 g/mol. The van der Waals surface area contributed by atoms with Gasteiger partial charge in [0.15, 0.2) is 0 Å². The Morgan fingerprint density at radius 2 is 1.95 bits per heavy atom. The number of hydrogen-bond donors (Lipinski definition) is 1. The van der Waals surface area contributed by atoms with Crippen LogP contribution in [0.15, 0.2) is 30.5 Å². The summed E-state index contributed by atoms with van der Waals surface area (Å²) in [6.07, 6.45) is 3.43. The molecule has 2 aromatic rings. The predicted octanol–water partition coefficient (Wildman–Crippen LogP) is 3.57. The van der Waals surface area contributed by atoms with Crippen molar-refractivity contribution in [2.24, 2.45) is 0 Å². The normalized spacial score (nSPS) is 12.6. The quantitative estimate of drug-likeness (QED) is 0.886. The Bertz CT molecular complexity index is 581. The average Bonchev–Trinajstić information content (AvgIpc) is 2.77. The van der Waals surface area contributed by atoms with Crippen molar-refractivity contribution in [3.63, 3.8) is 0 Å². The molecule has 1 unspecified atom stereocenters. The van der Waals surface area contributed by atoms with Gasteiger partial charge in [0.2, 0.25) is 0 Å². The first-order chi connectivity index (χ1) is 9.97. The number of nitrogens with zero attached hydrogens (tertiary/aromatic N) is 2. The van der Waals surface area contributed by atoms with Crippen LogP contribution in [0.25, 0.3) is 0 Å². The molecule has 1 atom stereocenters. The van der Waals surface area contributed by atoms with Crippen LogP contribution in [0, 0.1) is 6.92 Å². The third-order valence-electron chi connectivity index (χ3n) is 3.44. The number of halogens is 2. The van der Waals surface area contributed by atoms with Crippen molar-refractivity contribution >= 4 is 5.82 Å². The van der Waals surface area contributed by atoms with Crippen LogP contribution in [0.3, 0.4) is 0 Å². The van der Waals surface area contributed by atoms with Crippen LogP contribution in [0.4, 0.5) is 14.6 Å². The van der Waals surface area contributed by atoms with Crippen molar-refractivity contribution in [1.82, 2.24) is 9.78 Å². The molecule has 0 saturated carbocycles. The van der Waals surface area contributed by atoms with E-state index in [-0.39, 0.29) is 11.8 Å². The summed E-state index contributed by atoms with van der Waals surface area (Å²) in [6, 6.07) is 6.87. The maximum absolute atomic E-state index is 12.1. The number of aryl methyl sites for hydroxylation is 2. The molecular weight excluding hydrogens is 276 g/mol. The zero-order valence-electron chi connectivity index (χ0n) is 12.1. The van der Waals surface area contributed by atoms with E-state index in [1.807, 2.05) is 11.6 Å². The molecule has 0 radical (unpaired) electrons. The topological polar surface area (TPSA) is 53.1 Å². The number of hydrogen-bond acceptors (Lipinski definition) is 3. The first-order valence-electron chi connectivity index (χ1n) is 6.80. The van der Waals surface area contributed by atoms with Gasteiger partial charge in [-0.1, -0.05) is 12.1 Å². The Labute approximate surface area is 122 Å². The van der Waals surface area contributed by atoms with E-state index in [0.717, 1.165) is 24.0 Å². The van der Waals surface area contributed by atoms with Crippen molar-refractivity contribution in [3.8, 4) is 5.75 Å². The number of anilines is 1. The van der Waals surface area contributed by atoms with E-state index in [1.54, 1.807) is 30.5 Å². The number of rotatable bonds is 6. The van der Waals surface area contributed by atoms with Crippen molar-refractivity contribution in [1.29, 1.82) is 0 Å². The monoisotopic (exact) mass is 295 g/mol. The zero-order valence-corrected chi connectivity index (χ0v) is 12.1. The standard InChI is InChI=1S/C15H19F2N3O/c1-10-9-19-20(14(10)18)11(2)3-4-12-5-7-13(8-6-12)21-15(16)17/h5-9,11,15H,3-4,18H2,1-2H3. The molecule has 0 aliphatic rings. The number of benzene rings is 1. The lowest BCUT2D eigenvalue weighted by Crippen LogP contribution is -2.11. The molecule has 1 aromatic carbocycles. The van der Waals surface area contributed by atoms with Crippen LogP contribution >= 0.6 is 0 Å². The summed E-state index contributed by atoms with van der Waals surface area (Å²) < 4.78 is 30.2. The summed E-state index contributed by atoms with van der Waals surface area (Å²) in [6.45, 7) is 1.19. The molecule has 0 amide bonds. The SMILES string of the molecule is Cc1cnn(C(C)CCc2ccc(OC(F)F)cc2)c1N. The van der Waals surface area contributed by atoms with Crippen molar-refractivity contribution in [3.05, 3.63) is 41.6 Å². The fraction of sp³-hybridized carbons (Fsp3) is 0.400. The Hall–Kier alpha value is -2.11. The fourth-order valence-corrected chi connectivity index (χ4v) is 2.14.